The molecule has 1 rings (SSSR count). The molecule has 5 nitrogen and oxygen atoms in total. The quantitative estimate of drug-likeness (QED) is 0.520. The third kappa shape index (κ3) is 3.63. The van der Waals surface area contributed by atoms with Crippen LogP contribution in [0.3, 0.4) is 0 Å². The van der Waals surface area contributed by atoms with E-state index in [0.29, 0.717) is 0 Å². The normalized spacial score (nSPS) is 11.3. The molecular formula is C10H15N3O2S. The van der Waals surface area contributed by atoms with Crippen LogP contribution in [0, 0.1) is 12.3 Å². The predicted molar refractivity (Wildman–Crippen MR) is 62.9 cm³/mol. The van der Waals surface area contributed by atoms with E-state index in [2.05, 4.69) is 4.72 Å². The van der Waals surface area contributed by atoms with Gasteiger partial charge in [-0.2, -0.15) is 0 Å². The number of amidine groups is 1. The summed E-state index contributed by atoms with van der Waals surface area (Å²) < 4.78 is 25.9. The molecule has 88 valence electrons. The minimum absolute atomic E-state index is 0.0352. The maximum absolute atomic E-state index is 11.7. The van der Waals surface area contributed by atoms with Gasteiger partial charge in [0.1, 0.15) is 0 Å². The Kier molecular flexibility index (Phi) is 4.03. The summed E-state index contributed by atoms with van der Waals surface area (Å²) in [6.07, 6.45) is 0.213. The Labute approximate surface area is 95.2 Å². The molecular weight excluding hydrogens is 226 g/mol. The van der Waals surface area contributed by atoms with Crippen LogP contribution in [0.2, 0.25) is 0 Å². The first-order valence-electron chi connectivity index (χ1n) is 4.81. The average molecular weight is 241 g/mol. The van der Waals surface area contributed by atoms with E-state index in [0.717, 1.165) is 5.56 Å². The van der Waals surface area contributed by atoms with Gasteiger partial charge in [-0.1, -0.05) is 12.1 Å². The van der Waals surface area contributed by atoms with Crippen molar-refractivity contribution in [1.29, 1.82) is 5.41 Å². The number of sulfonamides is 1. The molecule has 1 aromatic rings. The third-order valence-electron chi connectivity index (χ3n) is 1.99. The van der Waals surface area contributed by atoms with Gasteiger partial charge in [0.2, 0.25) is 10.0 Å². The van der Waals surface area contributed by atoms with Crippen LogP contribution in [-0.4, -0.2) is 20.8 Å². The predicted octanol–water partition coefficient (Wildman–Crippen LogP) is 0.599. The van der Waals surface area contributed by atoms with Crippen molar-refractivity contribution >= 4 is 15.9 Å². The van der Waals surface area contributed by atoms with Gasteiger partial charge in [-0.05, 0) is 24.6 Å². The zero-order valence-corrected chi connectivity index (χ0v) is 9.84. The smallest absolute Gasteiger partial charge is 0.240 e. The van der Waals surface area contributed by atoms with Crippen LogP contribution >= 0.6 is 0 Å². The molecule has 0 fully saturated rings. The zero-order chi connectivity index (χ0) is 12.2. The number of rotatable bonds is 5. The summed E-state index contributed by atoms with van der Waals surface area (Å²) in [5.41, 5.74) is 6.02. The molecule has 0 saturated carbocycles. The Bertz CT molecular complexity index is 483. The van der Waals surface area contributed by atoms with Crippen LogP contribution in [0.1, 0.15) is 12.0 Å². The van der Waals surface area contributed by atoms with Crippen LogP contribution in [0.25, 0.3) is 0 Å². The highest BCUT2D eigenvalue weighted by Crippen LogP contribution is 2.10. The summed E-state index contributed by atoms with van der Waals surface area (Å²) in [6, 6.07) is 6.64. The molecule has 1 aromatic carbocycles. The van der Waals surface area contributed by atoms with Crippen molar-refractivity contribution in [3.8, 4) is 0 Å². The number of nitrogens with two attached hydrogens (primary N) is 1. The molecule has 0 aromatic heterocycles. The minimum atomic E-state index is -3.48. The SMILES string of the molecule is Cc1cccc(S(=O)(=O)NCCC(=N)N)c1. The van der Waals surface area contributed by atoms with Crippen molar-refractivity contribution in [1.82, 2.24) is 4.72 Å². The van der Waals surface area contributed by atoms with E-state index in [1.165, 1.54) is 6.07 Å². The zero-order valence-electron chi connectivity index (χ0n) is 9.03. The molecule has 6 heteroatoms. The maximum Gasteiger partial charge on any atom is 0.240 e. The van der Waals surface area contributed by atoms with Crippen LogP contribution < -0.4 is 10.5 Å². The lowest BCUT2D eigenvalue weighted by atomic mass is 10.2. The molecule has 0 atom stereocenters. The fraction of sp³-hybridized carbons (Fsp3) is 0.300. The van der Waals surface area contributed by atoms with Gasteiger partial charge in [0.25, 0.3) is 0 Å². The second-order valence-electron chi connectivity index (χ2n) is 3.49. The van der Waals surface area contributed by atoms with Crippen molar-refractivity contribution in [2.24, 2.45) is 5.73 Å². The number of hydrogen-bond donors (Lipinski definition) is 3. The summed E-state index contributed by atoms with van der Waals surface area (Å²) in [7, 11) is -3.48. The second kappa shape index (κ2) is 5.09. The van der Waals surface area contributed by atoms with E-state index in [4.69, 9.17) is 11.1 Å². The van der Waals surface area contributed by atoms with Crippen molar-refractivity contribution in [2.45, 2.75) is 18.2 Å². The van der Waals surface area contributed by atoms with Crippen molar-refractivity contribution in [2.75, 3.05) is 6.54 Å². The largest absolute Gasteiger partial charge is 0.388 e. The summed E-state index contributed by atoms with van der Waals surface area (Å²) in [4.78, 5) is 0.232. The Morgan fingerprint density at radius 1 is 1.50 bits per heavy atom. The highest BCUT2D eigenvalue weighted by atomic mass is 32.2. The Morgan fingerprint density at radius 3 is 2.75 bits per heavy atom. The lowest BCUT2D eigenvalue weighted by Crippen LogP contribution is -2.27. The van der Waals surface area contributed by atoms with Crippen molar-refractivity contribution in [3.63, 3.8) is 0 Å². The molecule has 16 heavy (non-hydrogen) atoms. The molecule has 0 unspecified atom stereocenters. The highest BCUT2D eigenvalue weighted by Gasteiger charge is 2.12. The van der Waals surface area contributed by atoms with Crippen LogP contribution in [0.4, 0.5) is 0 Å². The van der Waals surface area contributed by atoms with Gasteiger partial charge >= 0.3 is 0 Å². The van der Waals surface area contributed by atoms with Gasteiger partial charge in [0.05, 0.1) is 10.7 Å². The molecule has 0 saturated heterocycles. The Hall–Kier alpha value is -1.40. The number of hydrogen-bond acceptors (Lipinski definition) is 3. The molecule has 0 radical (unpaired) electrons. The standard InChI is InChI=1S/C10H15N3O2S/c1-8-3-2-4-9(7-8)16(14,15)13-6-5-10(11)12/h2-4,7,13H,5-6H2,1H3,(H3,11,12). The topological polar surface area (TPSA) is 96.0 Å². The van der Waals surface area contributed by atoms with Gasteiger partial charge in [-0.15, -0.1) is 0 Å². The van der Waals surface area contributed by atoms with E-state index in [1.807, 2.05) is 13.0 Å². The second-order valence-corrected chi connectivity index (χ2v) is 5.26. The van der Waals surface area contributed by atoms with Crippen LogP contribution in [-0.2, 0) is 10.0 Å². The number of aryl methyl sites for hydroxylation is 1. The van der Waals surface area contributed by atoms with E-state index < -0.39 is 10.0 Å². The molecule has 0 heterocycles. The molecule has 0 aliphatic carbocycles. The highest BCUT2D eigenvalue weighted by molar-refractivity contribution is 7.89. The number of nitrogens with one attached hydrogen (secondary N) is 2. The molecule has 0 bridgehead atoms. The van der Waals surface area contributed by atoms with E-state index >= 15 is 0 Å². The lowest BCUT2D eigenvalue weighted by molar-refractivity contribution is 0.582. The first-order chi connectivity index (χ1) is 7.42. The van der Waals surface area contributed by atoms with Gasteiger partial charge < -0.3 is 5.73 Å². The van der Waals surface area contributed by atoms with Gasteiger partial charge in [0.15, 0.2) is 0 Å². The number of benzene rings is 1. The van der Waals surface area contributed by atoms with Crippen molar-refractivity contribution < 1.29 is 8.42 Å². The van der Waals surface area contributed by atoms with Gasteiger partial charge in [-0.25, -0.2) is 13.1 Å². The third-order valence-corrected chi connectivity index (χ3v) is 3.44. The summed E-state index contributed by atoms with van der Waals surface area (Å²) in [5, 5.41) is 6.98. The average Bonchev–Trinajstić information content (AvgIpc) is 2.16. The fourth-order valence-corrected chi connectivity index (χ4v) is 2.32. The molecule has 0 aliphatic heterocycles. The maximum atomic E-state index is 11.7. The molecule has 0 aliphatic rings. The van der Waals surface area contributed by atoms with Crippen LogP contribution in [0.5, 0.6) is 0 Å². The molecule has 0 amide bonds. The van der Waals surface area contributed by atoms with E-state index in [9.17, 15) is 8.42 Å². The lowest BCUT2D eigenvalue weighted by Gasteiger charge is -2.06. The minimum Gasteiger partial charge on any atom is -0.388 e. The summed E-state index contributed by atoms with van der Waals surface area (Å²) in [5.74, 6) is -0.0352. The molecule has 4 N–H and O–H groups in total. The monoisotopic (exact) mass is 241 g/mol. The fourth-order valence-electron chi connectivity index (χ4n) is 1.19. The Balaban J connectivity index is 2.74. The summed E-state index contributed by atoms with van der Waals surface area (Å²) >= 11 is 0. The van der Waals surface area contributed by atoms with E-state index in [1.54, 1.807) is 12.1 Å². The van der Waals surface area contributed by atoms with E-state index in [-0.39, 0.29) is 23.7 Å². The first-order valence-corrected chi connectivity index (χ1v) is 6.29. The molecule has 0 spiro atoms. The van der Waals surface area contributed by atoms with Gasteiger partial charge in [0, 0.05) is 13.0 Å². The van der Waals surface area contributed by atoms with Crippen LogP contribution in [0.15, 0.2) is 29.2 Å². The summed E-state index contributed by atoms with van der Waals surface area (Å²) in [6.45, 7) is 1.97. The first kappa shape index (κ1) is 12.7. The van der Waals surface area contributed by atoms with Crippen molar-refractivity contribution in [3.05, 3.63) is 29.8 Å². The van der Waals surface area contributed by atoms with Gasteiger partial charge in [-0.3, -0.25) is 5.41 Å². The Morgan fingerprint density at radius 2 is 2.19 bits per heavy atom.